The number of piperidine rings is 1. The molecule has 178 valence electrons. The first-order valence-electron chi connectivity index (χ1n) is 11.4. The molecule has 0 radical (unpaired) electrons. The van der Waals surface area contributed by atoms with Crippen LogP contribution >= 0.6 is 0 Å². The van der Waals surface area contributed by atoms with Crippen molar-refractivity contribution in [3.8, 4) is 5.75 Å². The summed E-state index contributed by atoms with van der Waals surface area (Å²) in [6, 6.07) is 10.8. The number of carbonyl (C=O) groups excluding carboxylic acids is 1. The van der Waals surface area contributed by atoms with Crippen molar-refractivity contribution in [1.29, 1.82) is 0 Å². The molecule has 1 fully saturated rings. The molecular weight excluding hydrogens is 438 g/mol. The second-order valence-electron chi connectivity index (χ2n) is 9.15. The van der Waals surface area contributed by atoms with Gasteiger partial charge in [0.25, 0.3) is 10.0 Å². The number of likely N-dealkylation sites (N-methyl/N-ethyl adjacent to an activating group) is 1. The lowest BCUT2D eigenvalue weighted by Gasteiger charge is -2.36. The lowest BCUT2D eigenvalue weighted by molar-refractivity contribution is -0.134. The monoisotopic (exact) mass is 471 g/mol. The standard InChI is InChI=1S/C25H33N3O4S/c1-17-18(2)24(11-10-23(17)32-5)33(30,31)28-16-21(20-8-6-7-9-22(20)28)25(29)27(4)19-12-14-26(3)15-13-19/h6-11,19,21H,12-16H2,1-5H3/t21-/m0/s1. The summed E-state index contributed by atoms with van der Waals surface area (Å²) in [4.78, 5) is 17.9. The van der Waals surface area contributed by atoms with Crippen LogP contribution in [0.1, 0.15) is 35.4 Å². The number of benzene rings is 2. The van der Waals surface area contributed by atoms with Crippen molar-refractivity contribution in [2.45, 2.75) is 43.5 Å². The van der Waals surface area contributed by atoms with E-state index >= 15 is 0 Å². The van der Waals surface area contributed by atoms with Crippen LogP contribution in [0.25, 0.3) is 0 Å². The lowest BCUT2D eigenvalue weighted by Crippen LogP contribution is -2.46. The Labute approximate surface area is 197 Å². The summed E-state index contributed by atoms with van der Waals surface area (Å²) in [5, 5.41) is 0. The zero-order valence-corrected chi connectivity index (χ0v) is 20.9. The van der Waals surface area contributed by atoms with Gasteiger partial charge in [0.05, 0.1) is 30.2 Å². The van der Waals surface area contributed by atoms with Gasteiger partial charge in [0, 0.05) is 13.1 Å². The lowest BCUT2D eigenvalue weighted by atomic mass is 9.97. The highest BCUT2D eigenvalue weighted by atomic mass is 32.2. The number of rotatable bonds is 5. The van der Waals surface area contributed by atoms with Gasteiger partial charge in [-0.25, -0.2) is 8.42 Å². The number of sulfonamides is 1. The molecule has 0 aromatic heterocycles. The number of methoxy groups -OCH3 is 1. The van der Waals surface area contributed by atoms with Gasteiger partial charge in [0.2, 0.25) is 5.91 Å². The van der Waals surface area contributed by atoms with Gasteiger partial charge < -0.3 is 14.5 Å². The molecule has 2 aliphatic rings. The van der Waals surface area contributed by atoms with E-state index in [2.05, 4.69) is 11.9 Å². The maximum atomic E-state index is 13.8. The number of likely N-dealkylation sites (tertiary alicyclic amines) is 1. The van der Waals surface area contributed by atoms with E-state index in [1.807, 2.05) is 37.1 Å². The van der Waals surface area contributed by atoms with Gasteiger partial charge in [0.15, 0.2) is 0 Å². The predicted molar refractivity (Wildman–Crippen MR) is 129 cm³/mol. The number of carbonyl (C=O) groups is 1. The summed E-state index contributed by atoms with van der Waals surface area (Å²) in [6.45, 7) is 5.68. The van der Waals surface area contributed by atoms with Gasteiger partial charge in [-0.05, 0) is 81.7 Å². The fourth-order valence-electron chi connectivity index (χ4n) is 5.01. The molecule has 7 nitrogen and oxygen atoms in total. The number of hydrogen-bond donors (Lipinski definition) is 0. The van der Waals surface area contributed by atoms with Crippen LogP contribution in [0.3, 0.4) is 0 Å². The molecule has 33 heavy (non-hydrogen) atoms. The van der Waals surface area contributed by atoms with Crippen molar-refractivity contribution in [2.75, 3.05) is 45.1 Å². The Kier molecular flexibility index (Phi) is 6.42. The summed E-state index contributed by atoms with van der Waals surface area (Å²) in [5.41, 5.74) is 2.81. The minimum absolute atomic E-state index is 0.0164. The first kappa shape index (κ1) is 23.6. The van der Waals surface area contributed by atoms with Gasteiger partial charge >= 0.3 is 0 Å². The SMILES string of the molecule is COc1ccc(S(=O)(=O)N2C[C@H](C(=O)N(C)C3CCN(C)CC3)c3ccccc32)c(C)c1C. The van der Waals surface area contributed by atoms with E-state index in [-0.39, 0.29) is 23.4 Å². The van der Waals surface area contributed by atoms with E-state index in [1.54, 1.807) is 32.2 Å². The summed E-state index contributed by atoms with van der Waals surface area (Å²) in [7, 11) is 1.67. The second-order valence-corrected chi connectivity index (χ2v) is 11.0. The van der Waals surface area contributed by atoms with Gasteiger partial charge in [-0.15, -0.1) is 0 Å². The quantitative estimate of drug-likeness (QED) is 0.670. The van der Waals surface area contributed by atoms with Crippen LogP contribution < -0.4 is 9.04 Å². The van der Waals surface area contributed by atoms with Crippen molar-refractivity contribution in [1.82, 2.24) is 9.80 Å². The van der Waals surface area contributed by atoms with E-state index in [9.17, 15) is 13.2 Å². The van der Waals surface area contributed by atoms with Crippen LogP contribution in [0.5, 0.6) is 5.75 Å². The number of amides is 1. The van der Waals surface area contributed by atoms with Gasteiger partial charge in [-0.2, -0.15) is 0 Å². The van der Waals surface area contributed by atoms with Crippen LogP contribution in [0, 0.1) is 13.8 Å². The molecule has 8 heteroatoms. The number of hydrogen-bond acceptors (Lipinski definition) is 5. The van der Waals surface area contributed by atoms with Crippen LogP contribution in [-0.4, -0.2) is 71.0 Å². The van der Waals surface area contributed by atoms with Crippen molar-refractivity contribution < 1.29 is 17.9 Å². The van der Waals surface area contributed by atoms with Crippen LogP contribution in [0.2, 0.25) is 0 Å². The molecule has 2 aliphatic heterocycles. The third kappa shape index (κ3) is 4.10. The molecular formula is C25H33N3O4S. The Balaban J connectivity index is 1.67. The molecule has 0 bridgehead atoms. The molecule has 2 heterocycles. The molecule has 2 aromatic rings. The largest absolute Gasteiger partial charge is 0.496 e. The first-order chi connectivity index (χ1) is 15.7. The van der Waals surface area contributed by atoms with E-state index in [1.165, 1.54) is 4.31 Å². The predicted octanol–water partition coefficient (Wildman–Crippen LogP) is 3.16. The van der Waals surface area contributed by atoms with E-state index < -0.39 is 15.9 Å². The Bertz CT molecular complexity index is 1160. The van der Waals surface area contributed by atoms with Crippen LogP contribution in [-0.2, 0) is 14.8 Å². The summed E-state index contributed by atoms with van der Waals surface area (Å²) in [6.07, 6.45) is 1.86. The van der Waals surface area contributed by atoms with Crippen LogP contribution in [0.4, 0.5) is 5.69 Å². The highest BCUT2D eigenvalue weighted by molar-refractivity contribution is 7.93. The molecule has 0 N–H and O–H groups in total. The van der Waals surface area contributed by atoms with Crippen molar-refractivity contribution >= 4 is 21.6 Å². The maximum Gasteiger partial charge on any atom is 0.264 e. The van der Waals surface area contributed by atoms with Gasteiger partial charge in [-0.3, -0.25) is 9.10 Å². The molecule has 0 unspecified atom stereocenters. The number of fused-ring (bicyclic) bond motifs is 1. The van der Waals surface area contributed by atoms with E-state index in [4.69, 9.17) is 4.74 Å². The highest BCUT2D eigenvalue weighted by Crippen LogP contribution is 2.41. The fourth-order valence-corrected chi connectivity index (χ4v) is 6.80. The molecule has 0 spiro atoms. The Morgan fingerprint density at radius 2 is 1.73 bits per heavy atom. The van der Waals surface area contributed by atoms with Crippen LogP contribution in [0.15, 0.2) is 41.3 Å². The van der Waals surface area contributed by atoms with Crippen molar-refractivity contribution in [2.24, 2.45) is 0 Å². The molecule has 0 saturated carbocycles. The third-order valence-electron chi connectivity index (χ3n) is 7.29. The maximum absolute atomic E-state index is 13.8. The summed E-state index contributed by atoms with van der Waals surface area (Å²) < 4.78 is 34.4. The zero-order chi connectivity index (χ0) is 23.9. The number of ether oxygens (including phenoxy) is 1. The Morgan fingerprint density at radius 3 is 2.39 bits per heavy atom. The average Bonchev–Trinajstić information content (AvgIpc) is 3.21. The molecule has 0 aliphatic carbocycles. The highest BCUT2D eigenvalue weighted by Gasteiger charge is 2.42. The number of anilines is 1. The van der Waals surface area contributed by atoms with Gasteiger partial charge in [-0.1, -0.05) is 18.2 Å². The first-order valence-corrected chi connectivity index (χ1v) is 12.8. The summed E-state index contributed by atoms with van der Waals surface area (Å²) >= 11 is 0. The normalized spacial score (nSPS) is 19.4. The summed E-state index contributed by atoms with van der Waals surface area (Å²) in [5.74, 6) is 0.124. The van der Waals surface area contributed by atoms with E-state index in [0.29, 0.717) is 17.0 Å². The number of para-hydroxylation sites is 1. The Hall–Kier alpha value is -2.58. The third-order valence-corrected chi connectivity index (χ3v) is 9.21. The fraction of sp³-hybridized carbons (Fsp3) is 0.480. The zero-order valence-electron chi connectivity index (χ0n) is 20.0. The van der Waals surface area contributed by atoms with E-state index in [0.717, 1.165) is 37.1 Å². The van der Waals surface area contributed by atoms with Crippen molar-refractivity contribution in [3.05, 3.63) is 53.1 Å². The smallest absolute Gasteiger partial charge is 0.264 e. The average molecular weight is 472 g/mol. The second kappa shape index (κ2) is 8.99. The Morgan fingerprint density at radius 1 is 1.06 bits per heavy atom. The minimum Gasteiger partial charge on any atom is -0.496 e. The number of nitrogens with zero attached hydrogens (tertiary/aromatic N) is 3. The molecule has 2 aromatic carbocycles. The minimum atomic E-state index is -3.85. The van der Waals surface area contributed by atoms with Crippen molar-refractivity contribution in [3.63, 3.8) is 0 Å². The molecule has 4 rings (SSSR count). The molecule has 1 atom stereocenters. The molecule has 1 saturated heterocycles. The van der Waals surface area contributed by atoms with Gasteiger partial charge in [0.1, 0.15) is 5.75 Å². The molecule has 1 amide bonds. The topological polar surface area (TPSA) is 70.2 Å².